The van der Waals surface area contributed by atoms with Crippen LogP contribution in [-0.4, -0.2) is 43.8 Å². The van der Waals surface area contributed by atoms with Crippen molar-refractivity contribution in [1.82, 2.24) is 0 Å². The highest BCUT2D eigenvalue weighted by Crippen LogP contribution is 2.39. The van der Waals surface area contributed by atoms with E-state index in [0.717, 1.165) is 23.1 Å². The minimum atomic E-state index is -0.473. The summed E-state index contributed by atoms with van der Waals surface area (Å²) in [6, 6.07) is 3.65. The summed E-state index contributed by atoms with van der Waals surface area (Å²) in [5.41, 5.74) is 2.75. The number of ether oxygens (including phenoxy) is 3. The third-order valence-electron chi connectivity index (χ3n) is 3.94. The number of hydrogen-bond acceptors (Lipinski definition) is 5. The van der Waals surface area contributed by atoms with Crippen LogP contribution in [0.3, 0.4) is 0 Å². The lowest BCUT2D eigenvalue weighted by Gasteiger charge is -2.15. The fraction of sp³-hybridized carbons (Fsp3) is 0.429. The van der Waals surface area contributed by atoms with Crippen LogP contribution in [0.5, 0.6) is 17.2 Å². The monoisotopic (exact) mass is 362 g/mol. The van der Waals surface area contributed by atoms with Gasteiger partial charge in [0, 0.05) is 0 Å². The number of aliphatic hydroxyl groups excluding tert-OH is 2. The Kier molecular flexibility index (Phi) is 9.55. The van der Waals surface area contributed by atoms with Crippen LogP contribution >= 0.6 is 0 Å². The Bertz CT molecular complexity index is 621. The topological polar surface area (TPSA) is 68.2 Å². The maximum Gasteiger partial charge on any atom is 0.203 e. The molecule has 1 atom stereocenters. The second kappa shape index (κ2) is 11.4. The van der Waals surface area contributed by atoms with Gasteiger partial charge < -0.3 is 24.4 Å². The Hall–Kier alpha value is -2.24. The van der Waals surface area contributed by atoms with Crippen molar-refractivity contribution in [1.29, 1.82) is 0 Å². The quantitative estimate of drug-likeness (QED) is 0.587. The van der Waals surface area contributed by atoms with Gasteiger partial charge in [0.15, 0.2) is 11.5 Å². The molecule has 0 saturated heterocycles. The molecule has 0 amide bonds. The highest BCUT2D eigenvalue weighted by atomic mass is 16.5. The smallest absolute Gasteiger partial charge is 0.203 e. The number of benzene rings is 1. The minimum absolute atomic E-state index is 0.0347. The average molecular weight is 362 g/mol. The average Bonchev–Trinajstić information content (AvgIpc) is 2.64. The predicted molar refractivity (Wildman–Crippen MR) is 105 cm³/mol. The number of methoxy groups -OCH3 is 2. The second-order valence-electron chi connectivity index (χ2n) is 6.10. The molecule has 1 unspecified atom stereocenters. The fourth-order valence-corrected chi connectivity index (χ4v) is 2.31. The minimum Gasteiger partial charge on any atom is -0.493 e. The molecule has 0 saturated carbocycles. The largest absolute Gasteiger partial charge is 0.493 e. The number of hydrogen-bond donors (Lipinski definition) is 2. The maximum absolute atomic E-state index is 9.79. The Labute approximate surface area is 156 Å². The van der Waals surface area contributed by atoms with E-state index < -0.39 is 6.10 Å². The van der Waals surface area contributed by atoms with Gasteiger partial charge in [0.1, 0.15) is 6.61 Å². The molecule has 0 fully saturated rings. The van der Waals surface area contributed by atoms with Gasteiger partial charge in [-0.05, 0) is 50.5 Å². The van der Waals surface area contributed by atoms with Crippen LogP contribution in [0.4, 0.5) is 0 Å². The summed E-state index contributed by atoms with van der Waals surface area (Å²) in [6.45, 7) is 7.92. The van der Waals surface area contributed by atoms with Crippen LogP contribution in [-0.2, 0) is 0 Å². The molecule has 26 heavy (non-hydrogen) atoms. The van der Waals surface area contributed by atoms with Gasteiger partial charge in [-0.1, -0.05) is 29.9 Å². The van der Waals surface area contributed by atoms with Crippen molar-refractivity contribution < 1.29 is 24.4 Å². The van der Waals surface area contributed by atoms with Crippen molar-refractivity contribution in [3.63, 3.8) is 0 Å². The molecule has 5 nitrogen and oxygen atoms in total. The summed E-state index contributed by atoms with van der Waals surface area (Å²) in [5.74, 6) is 1.65. The van der Waals surface area contributed by atoms with Gasteiger partial charge in [-0.2, -0.15) is 0 Å². The van der Waals surface area contributed by atoms with Crippen molar-refractivity contribution in [3.8, 4) is 17.2 Å². The van der Waals surface area contributed by atoms with Crippen molar-refractivity contribution in [2.24, 2.45) is 0 Å². The van der Waals surface area contributed by atoms with E-state index in [0.29, 0.717) is 30.3 Å². The molecule has 0 bridgehead atoms. The molecular formula is C21H30O5. The molecule has 2 N–H and O–H groups in total. The van der Waals surface area contributed by atoms with Gasteiger partial charge in [-0.3, -0.25) is 0 Å². The first-order chi connectivity index (χ1) is 12.4. The Morgan fingerprint density at radius 3 is 2.31 bits per heavy atom. The van der Waals surface area contributed by atoms with E-state index in [9.17, 15) is 5.11 Å². The molecule has 1 aromatic rings. The van der Waals surface area contributed by atoms with Gasteiger partial charge in [-0.15, -0.1) is 0 Å². The van der Waals surface area contributed by atoms with E-state index in [2.05, 4.69) is 6.58 Å². The van der Waals surface area contributed by atoms with Crippen LogP contribution in [0.2, 0.25) is 0 Å². The first kappa shape index (κ1) is 21.8. The third-order valence-corrected chi connectivity index (χ3v) is 3.94. The lowest BCUT2D eigenvalue weighted by atomic mass is 10.0. The second-order valence-corrected chi connectivity index (χ2v) is 6.10. The zero-order valence-electron chi connectivity index (χ0n) is 16.1. The molecule has 0 aliphatic heterocycles. The van der Waals surface area contributed by atoms with E-state index in [4.69, 9.17) is 19.3 Å². The van der Waals surface area contributed by atoms with Crippen LogP contribution in [0.25, 0.3) is 6.08 Å². The number of aliphatic hydroxyl groups is 2. The zero-order chi connectivity index (χ0) is 19.5. The van der Waals surface area contributed by atoms with Crippen molar-refractivity contribution >= 4 is 6.08 Å². The first-order valence-corrected chi connectivity index (χ1v) is 8.58. The van der Waals surface area contributed by atoms with Gasteiger partial charge in [-0.25, -0.2) is 0 Å². The summed E-state index contributed by atoms with van der Waals surface area (Å²) >= 11 is 0. The van der Waals surface area contributed by atoms with E-state index in [1.54, 1.807) is 26.4 Å². The Morgan fingerprint density at radius 1 is 1.19 bits per heavy atom. The van der Waals surface area contributed by atoms with Crippen LogP contribution in [0.15, 0.2) is 42.0 Å². The van der Waals surface area contributed by atoms with Gasteiger partial charge in [0.25, 0.3) is 0 Å². The van der Waals surface area contributed by atoms with Crippen LogP contribution in [0.1, 0.15) is 32.3 Å². The van der Waals surface area contributed by atoms with Crippen molar-refractivity contribution in [2.45, 2.75) is 32.8 Å². The summed E-state index contributed by atoms with van der Waals surface area (Å²) in [7, 11) is 3.14. The number of allylic oxidation sites excluding steroid dienone is 1. The van der Waals surface area contributed by atoms with Crippen molar-refractivity contribution in [2.75, 3.05) is 27.4 Å². The van der Waals surface area contributed by atoms with E-state index >= 15 is 0 Å². The summed E-state index contributed by atoms with van der Waals surface area (Å²) in [4.78, 5) is 0. The molecule has 144 valence electrons. The van der Waals surface area contributed by atoms with Gasteiger partial charge in [0.05, 0.1) is 26.9 Å². The molecule has 0 aromatic heterocycles. The molecule has 0 spiro atoms. The van der Waals surface area contributed by atoms with E-state index in [-0.39, 0.29) is 6.61 Å². The zero-order valence-corrected chi connectivity index (χ0v) is 16.1. The highest BCUT2D eigenvalue weighted by Gasteiger charge is 2.13. The third kappa shape index (κ3) is 6.94. The molecular weight excluding hydrogens is 332 g/mol. The Morgan fingerprint density at radius 2 is 1.81 bits per heavy atom. The van der Waals surface area contributed by atoms with Crippen LogP contribution in [0, 0.1) is 0 Å². The SMILES string of the molecule is C=C(C)C(O)CC/C(C)=C/COc1c(OC)cc(/C=C/CO)cc1OC. The fourth-order valence-electron chi connectivity index (χ4n) is 2.31. The number of rotatable bonds is 11. The molecule has 0 aliphatic carbocycles. The molecule has 1 aromatic carbocycles. The molecule has 5 heteroatoms. The van der Waals surface area contributed by atoms with Crippen LogP contribution < -0.4 is 14.2 Å². The highest BCUT2D eigenvalue weighted by molar-refractivity contribution is 5.62. The summed E-state index contributed by atoms with van der Waals surface area (Å²) in [6.07, 6.45) is 6.35. The molecule has 0 heterocycles. The molecule has 0 aliphatic rings. The lowest BCUT2D eigenvalue weighted by molar-refractivity contribution is 0.201. The lowest BCUT2D eigenvalue weighted by Crippen LogP contribution is -2.07. The first-order valence-electron chi connectivity index (χ1n) is 8.58. The van der Waals surface area contributed by atoms with Crippen molar-refractivity contribution in [3.05, 3.63) is 47.6 Å². The predicted octanol–water partition coefficient (Wildman–Crippen LogP) is 3.75. The van der Waals surface area contributed by atoms with E-state index in [1.165, 1.54) is 0 Å². The normalized spacial score (nSPS) is 12.9. The Balaban J connectivity index is 2.80. The van der Waals surface area contributed by atoms with Gasteiger partial charge in [0.2, 0.25) is 5.75 Å². The maximum atomic E-state index is 9.79. The van der Waals surface area contributed by atoms with Gasteiger partial charge >= 0.3 is 0 Å². The molecule has 0 radical (unpaired) electrons. The standard InChI is InChI=1S/C21H30O5/c1-15(2)18(23)9-8-16(3)10-12-26-21-19(24-4)13-17(7-6-11-22)14-20(21)25-5/h6-7,10,13-14,18,22-23H,1,8-9,11-12H2,2-5H3/b7-6+,16-10+. The van der Waals surface area contributed by atoms with E-state index in [1.807, 2.05) is 32.1 Å². The molecule has 1 rings (SSSR count). The summed E-state index contributed by atoms with van der Waals surface area (Å²) in [5, 5.41) is 18.7. The summed E-state index contributed by atoms with van der Waals surface area (Å²) < 4.78 is 16.7.